The second kappa shape index (κ2) is 23.8. The van der Waals surface area contributed by atoms with Crippen LogP contribution in [0.5, 0.6) is 11.5 Å². The molecule has 0 unspecified atom stereocenters. The fourth-order valence-corrected chi connectivity index (χ4v) is 7.58. The molecule has 0 fully saturated rings. The Hall–Kier alpha value is -3.86. The van der Waals surface area contributed by atoms with Crippen molar-refractivity contribution in [3.05, 3.63) is 115 Å². The van der Waals surface area contributed by atoms with Gasteiger partial charge in [-0.05, 0) is 102 Å². The number of methoxy groups -OCH3 is 1. The molecular formula is C45H52Br2O12. The third kappa shape index (κ3) is 11.7. The van der Waals surface area contributed by atoms with E-state index in [9.17, 15) is 9.59 Å². The average molecular weight is 945 g/mol. The van der Waals surface area contributed by atoms with Gasteiger partial charge in [0, 0.05) is 22.7 Å². The summed E-state index contributed by atoms with van der Waals surface area (Å²) in [7, 11) is 1.62. The molecule has 5 rings (SSSR count). The zero-order chi connectivity index (χ0) is 42.0. The van der Waals surface area contributed by atoms with Gasteiger partial charge in [0.15, 0.2) is 5.75 Å². The van der Waals surface area contributed by atoms with E-state index in [-0.39, 0.29) is 56.5 Å². The van der Waals surface area contributed by atoms with Gasteiger partial charge in [-0.1, -0.05) is 63.0 Å². The smallest absolute Gasteiger partial charge is 0.342 e. The molecule has 0 aromatic heterocycles. The summed E-state index contributed by atoms with van der Waals surface area (Å²) in [5.41, 5.74) is 4.58. The van der Waals surface area contributed by atoms with E-state index in [0.717, 1.165) is 43.2 Å². The van der Waals surface area contributed by atoms with Crippen molar-refractivity contribution in [2.45, 2.75) is 32.6 Å². The minimum Gasteiger partial charge on any atom is -0.490 e. The maximum Gasteiger partial charge on any atom is 0.342 e. The summed E-state index contributed by atoms with van der Waals surface area (Å²) in [6, 6.07) is 23.1. The van der Waals surface area contributed by atoms with Crippen LogP contribution >= 0.6 is 31.9 Å². The fraction of sp³-hybridized carbons (Fsp3) is 0.422. The molecule has 0 saturated heterocycles. The zero-order valence-electron chi connectivity index (χ0n) is 34.0. The van der Waals surface area contributed by atoms with Crippen LogP contribution in [0, 0.1) is 0 Å². The summed E-state index contributed by atoms with van der Waals surface area (Å²) in [5, 5.41) is 0. The monoisotopic (exact) mass is 942 g/mol. The summed E-state index contributed by atoms with van der Waals surface area (Å²) in [6.45, 7) is 10.1. The van der Waals surface area contributed by atoms with E-state index >= 15 is 0 Å². The number of hydrogen-bond acceptors (Lipinski definition) is 12. The number of carbonyl (C=O) groups is 2. The molecule has 0 bridgehead atoms. The molecule has 59 heavy (non-hydrogen) atoms. The summed E-state index contributed by atoms with van der Waals surface area (Å²) >= 11 is 7.46. The van der Waals surface area contributed by atoms with E-state index in [2.05, 4.69) is 56.1 Å². The van der Waals surface area contributed by atoms with Crippen LogP contribution in [0.25, 0.3) is 11.1 Å². The second-order valence-corrected chi connectivity index (χ2v) is 15.0. The van der Waals surface area contributed by atoms with E-state index in [1.807, 2.05) is 37.3 Å². The van der Waals surface area contributed by atoms with E-state index in [1.165, 1.54) is 0 Å². The van der Waals surface area contributed by atoms with Crippen molar-refractivity contribution in [3.63, 3.8) is 0 Å². The van der Waals surface area contributed by atoms with Crippen LogP contribution < -0.4 is 9.62 Å². The molecular weight excluding hydrogens is 892 g/mol. The first kappa shape index (κ1) is 46.2. The fourth-order valence-electron chi connectivity index (χ4n) is 6.86. The number of rotatable bonds is 26. The number of ether oxygens (including phenoxy) is 8. The molecule has 0 aliphatic heterocycles. The maximum atomic E-state index is 13.7. The number of fused-ring (bicyclic) bond motifs is 3. The quantitative estimate of drug-likeness (QED) is 0.0228. The lowest BCUT2D eigenvalue weighted by Gasteiger charge is -2.35. The van der Waals surface area contributed by atoms with E-state index in [0.29, 0.717) is 57.6 Å². The van der Waals surface area contributed by atoms with Crippen molar-refractivity contribution in [2.24, 2.45) is 0 Å². The number of benzene rings is 4. The van der Waals surface area contributed by atoms with Gasteiger partial charge in [-0.25, -0.2) is 9.59 Å². The minimum absolute atomic E-state index is 0.116. The second-order valence-electron chi connectivity index (χ2n) is 13.2. The van der Waals surface area contributed by atoms with Crippen LogP contribution in [-0.4, -0.2) is 105 Å². The van der Waals surface area contributed by atoms with Crippen molar-refractivity contribution in [1.82, 2.24) is 0 Å². The van der Waals surface area contributed by atoms with Gasteiger partial charge in [0.25, 0.3) is 0 Å². The molecule has 0 amide bonds. The number of halogens is 2. The molecule has 14 heteroatoms. The van der Waals surface area contributed by atoms with Gasteiger partial charge in [0.1, 0.15) is 30.1 Å². The Morgan fingerprint density at radius 3 is 1.54 bits per heavy atom. The van der Waals surface area contributed by atoms with Gasteiger partial charge in [-0.3, -0.25) is 0 Å². The molecule has 1 aliphatic carbocycles. The highest BCUT2D eigenvalue weighted by Gasteiger charge is 2.47. The maximum absolute atomic E-state index is 13.7. The van der Waals surface area contributed by atoms with Crippen LogP contribution in [0.1, 0.15) is 70.2 Å². The van der Waals surface area contributed by atoms with Gasteiger partial charge in [-0.2, -0.15) is 4.89 Å². The molecule has 318 valence electrons. The van der Waals surface area contributed by atoms with E-state index < -0.39 is 17.4 Å². The van der Waals surface area contributed by atoms with Gasteiger partial charge >= 0.3 is 11.9 Å². The lowest BCUT2D eigenvalue weighted by atomic mass is 9.67. The molecule has 0 N–H and O–H groups in total. The van der Waals surface area contributed by atoms with Crippen LogP contribution in [0.3, 0.4) is 0 Å². The van der Waals surface area contributed by atoms with Crippen molar-refractivity contribution in [2.75, 3.05) is 93.0 Å². The highest BCUT2D eigenvalue weighted by atomic mass is 79.9. The third-order valence-corrected chi connectivity index (χ3v) is 10.3. The predicted molar refractivity (Wildman–Crippen MR) is 229 cm³/mol. The Balaban J connectivity index is 1.56. The van der Waals surface area contributed by atoms with Gasteiger partial charge in [0.05, 0.1) is 71.5 Å². The number of hydrogen-bond donors (Lipinski definition) is 0. The van der Waals surface area contributed by atoms with Gasteiger partial charge in [-0.15, -0.1) is 0 Å². The highest BCUT2D eigenvalue weighted by Crippen LogP contribution is 2.58. The summed E-state index contributed by atoms with van der Waals surface area (Å²) < 4.78 is 46.2. The molecule has 4 aromatic carbocycles. The van der Waals surface area contributed by atoms with Gasteiger partial charge < -0.3 is 42.8 Å². The van der Waals surface area contributed by atoms with Crippen molar-refractivity contribution < 1.29 is 57.3 Å². The normalized spacial score (nSPS) is 12.5. The predicted octanol–water partition coefficient (Wildman–Crippen LogP) is 8.74. The molecule has 0 saturated carbocycles. The van der Waals surface area contributed by atoms with Crippen molar-refractivity contribution >= 4 is 43.8 Å². The van der Waals surface area contributed by atoms with Gasteiger partial charge in [0.2, 0.25) is 0 Å². The van der Waals surface area contributed by atoms with Crippen LogP contribution in [0.15, 0.2) is 81.7 Å². The molecule has 0 radical (unpaired) electrons. The first-order chi connectivity index (χ1) is 28.8. The average Bonchev–Trinajstić information content (AvgIpc) is 3.51. The number of esters is 2. The minimum atomic E-state index is -1.07. The number of carbonyl (C=O) groups excluding carboxylic acids is 2. The Morgan fingerprint density at radius 2 is 1.02 bits per heavy atom. The lowest BCUT2D eigenvalue weighted by Crippen LogP contribution is -2.30. The topological polar surface area (TPSA) is 126 Å². The zero-order valence-corrected chi connectivity index (χ0v) is 37.2. The summed E-state index contributed by atoms with van der Waals surface area (Å²) in [6.07, 6.45) is 0.938. The molecule has 4 aromatic rings. The van der Waals surface area contributed by atoms with E-state index in [1.54, 1.807) is 39.2 Å². The summed E-state index contributed by atoms with van der Waals surface area (Å²) in [4.78, 5) is 38.7. The van der Waals surface area contributed by atoms with Crippen molar-refractivity contribution in [1.29, 1.82) is 0 Å². The van der Waals surface area contributed by atoms with Crippen LogP contribution in [-0.2, 0) is 43.5 Å². The first-order valence-electron chi connectivity index (χ1n) is 19.8. The van der Waals surface area contributed by atoms with E-state index in [4.69, 9.17) is 47.7 Å². The molecule has 0 heterocycles. The van der Waals surface area contributed by atoms with Crippen LogP contribution in [0.4, 0.5) is 0 Å². The molecule has 0 spiro atoms. The Morgan fingerprint density at radius 1 is 0.542 bits per heavy atom. The standard InChI is InChI=1S/C45H52Br2O12/c1-5-16-51-19-20-54-24-26-58-59-42-15-9-32(28-38(42)44(49)56-7-3)45(39-29-33(46)10-12-35(39)36-13-11-34(47)30-40(36)45)31-8-14-41(37(27-31)43(48)55-6-2)57-25-23-53-22-21-52-18-17-50-4/h8-15,27-30H,5-7,16-26H2,1-4H3. The summed E-state index contributed by atoms with van der Waals surface area (Å²) in [5.74, 6) is -0.612. The SMILES string of the molecule is CCCOCCOCCOOc1ccc(C2(c3ccc(OCCOCCOCCOC)c(C(=O)OCC)c3)c3cc(Br)ccc3-c3ccc(Br)cc32)cc1C(=O)OCC. The molecule has 12 nitrogen and oxygen atoms in total. The lowest BCUT2D eigenvalue weighted by molar-refractivity contribution is -0.215. The largest absolute Gasteiger partial charge is 0.490 e. The molecule has 1 aliphatic rings. The third-order valence-electron chi connectivity index (χ3n) is 9.35. The van der Waals surface area contributed by atoms with Crippen LogP contribution in [0.2, 0.25) is 0 Å². The Kier molecular flexibility index (Phi) is 18.6. The first-order valence-corrected chi connectivity index (χ1v) is 21.3. The van der Waals surface area contributed by atoms with Crippen molar-refractivity contribution in [3.8, 4) is 22.6 Å². The molecule has 0 atom stereocenters. The Labute approximate surface area is 362 Å². The highest BCUT2D eigenvalue weighted by molar-refractivity contribution is 9.10. The Bertz CT molecular complexity index is 1850.